The fourth-order valence-electron chi connectivity index (χ4n) is 1.88. The lowest BCUT2D eigenvalue weighted by molar-refractivity contribution is 0.0974. The minimum absolute atomic E-state index is 0.155. The molecule has 3 rings (SSSR count). The summed E-state index contributed by atoms with van der Waals surface area (Å²) in [4.78, 5) is 11.0. The Morgan fingerprint density at radius 1 is 1.16 bits per heavy atom. The van der Waals surface area contributed by atoms with Gasteiger partial charge in [0, 0.05) is 17.3 Å². The van der Waals surface area contributed by atoms with Gasteiger partial charge in [-0.25, -0.2) is 0 Å². The van der Waals surface area contributed by atoms with Crippen LogP contribution >= 0.6 is 0 Å². The zero-order chi connectivity index (χ0) is 13.2. The van der Waals surface area contributed by atoms with Crippen LogP contribution < -0.4 is 5.73 Å². The monoisotopic (exact) mass is 253 g/mol. The first-order chi connectivity index (χ1) is 9.24. The first-order valence-corrected chi connectivity index (χ1v) is 5.74. The summed E-state index contributed by atoms with van der Waals surface area (Å²) in [7, 11) is 0. The van der Waals surface area contributed by atoms with Gasteiger partial charge in [-0.05, 0) is 24.3 Å². The second-order valence-corrected chi connectivity index (χ2v) is 4.08. The minimum atomic E-state index is -0.573. The van der Waals surface area contributed by atoms with Crippen LogP contribution in [0.2, 0.25) is 0 Å². The van der Waals surface area contributed by atoms with Crippen LogP contribution in [0.15, 0.2) is 53.1 Å². The molecule has 0 spiro atoms. The van der Waals surface area contributed by atoms with Crippen molar-refractivity contribution >= 4 is 5.91 Å². The number of aromatic amines is 1. The number of primary amides is 1. The standard InChI is InChI=1S/C14H11N3O2/c15-14(18)13-5-4-12(19-13)10-3-1-2-9(8-10)11-6-7-16-17-11/h1-8H,(H2,15,18)(H,16,17). The van der Waals surface area contributed by atoms with E-state index in [1.807, 2.05) is 30.3 Å². The van der Waals surface area contributed by atoms with Crippen LogP contribution in [0.1, 0.15) is 10.6 Å². The molecule has 2 aromatic heterocycles. The van der Waals surface area contributed by atoms with E-state index >= 15 is 0 Å². The molecule has 0 aliphatic heterocycles. The van der Waals surface area contributed by atoms with Gasteiger partial charge in [0.05, 0.1) is 5.69 Å². The van der Waals surface area contributed by atoms with Gasteiger partial charge in [-0.15, -0.1) is 0 Å². The zero-order valence-corrected chi connectivity index (χ0v) is 9.96. The maximum atomic E-state index is 11.0. The van der Waals surface area contributed by atoms with Gasteiger partial charge < -0.3 is 10.2 Å². The molecular formula is C14H11N3O2. The SMILES string of the molecule is NC(=O)c1ccc(-c2cccc(-c3ccn[nH]3)c2)o1. The number of amides is 1. The molecule has 0 saturated carbocycles. The van der Waals surface area contributed by atoms with Crippen LogP contribution in [0.3, 0.4) is 0 Å². The molecule has 1 aromatic carbocycles. The molecule has 0 atom stereocenters. The average molecular weight is 253 g/mol. The number of aromatic nitrogens is 2. The number of hydrogen-bond donors (Lipinski definition) is 2. The number of carbonyl (C=O) groups excluding carboxylic acids is 1. The Balaban J connectivity index is 2.01. The summed E-state index contributed by atoms with van der Waals surface area (Å²) in [5, 5.41) is 6.82. The van der Waals surface area contributed by atoms with Gasteiger partial charge in [0.15, 0.2) is 5.76 Å². The summed E-state index contributed by atoms with van der Waals surface area (Å²) < 4.78 is 5.40. The summed E-state index contributed by atoms with van der Waals surface area (Å²) in [5.74, 6) is 0.188. The van der Waals surface area contributed by atoms with E-state index < -0.39 is 5.91 Å². The summed E-state index contributed by atoms with van der Waals surface area (Å²) in [6, 6.07) is 12.9. The van der Waals surface area contributed by atoms with E-state index in [-0.39, 0.29) is 5.76 Å². The molecule has 3 N–H and O–H groups in total. The highest BCUT2D eigenvalue weighted by atomic mass is 16.3. The fourth-order valence-corrected chi connectivity index (χ4v) is 1.88. The molecular weight excluding hydrogens is 242 g/mol. The van der Waals surface area contributed by atoms with Crippen LogP contribution in [0.25, 0.3) is 22.6 Å². The van der Waals surface area contributed by atoms with E-state index in [4.69, 9.17) is 10.2 Å². The van der Waals surface area contributed by atoms with Gasteiger partial charge in [-0.2, -0.15) is 5.10 Å². The number of nitrogens with one attached hydrogen (secondary N) is 1. The lowest BCUT2D eigenvalue weighted by Gasteiger charge is -2.01. The van der Waals surface area contributed by atoms with E-state index in [1.165, 1.54) is 0 Å². The first-order valence-electron chi connectivity index (χ1n) is 5.74. The van der Waals surface area contributed by atoms with E-state index in [0.717, 1.165) is 16.8 Å². The van der Waals surface area contributed by atoms with Crippen molar-refractivity contribution in [3.8, 4) is 22.6 Å². The van der Waals surface area contributed by atoms with Gasteiger partial charge in [0.25, 0.3) is 5.91 Å². The van der Waals surface area contributed by atoms with Gasteiger partial charge in [0.1, 0.15) is 5.76 Å². The first kappa shape index (κ1) is 11.3. The van der Waals surface area contributed by atoms with E-state index in [2.05, 4.69) is 10.2 Å². The molecule has 0 aliphatic rings. The topological polar surface area (TPSA) is 84.9 Å². The van der Waals surface area contributed by atoms with Crippen LogP contribution in [0, 0.1) is 0 Å². The normalized spacial score (nSPS) is 10.5. The number of rotatable bonds is 3. The molecule has 0 saturated heterocycles. The van der Waals surface area contributed by atoms with Crippen molar-refractivity contribution < 1.29 is 9.21 Å². The maximum absolute atomic E-state index is 11.0. The van der Waals surface area contributed by atoms with Gasteiger partial charge in [0.2, 0.25) is 0 Å². The quantitative estimate of drug-likeness (QED) is 0.751. The average Bonchev–Trinajstić information content (AvgIpc) is 3.10. The van der Waals surface area contributed by atoms with Crippen LogP contribution in [0.4, 0.5) is 0 Å². The molecule has 0 unspecified atom stereocenters. The van der Waals surface area contributed by atoms with Crippen molar-refractivity contribution in [1.82, 2.24) is 10.2 Å². The number of nitrogens with zero attached hydrogens (tertiary/aromatic N) is 1. The highest BCUT2D eigenvalue weighted by Gasteiger charge is 2.09. The Labute approximate surface area is 109 Å². The molecule has 1 amide bonds. The maximum Gasteiger partial charge on any atom is 0.284 e. The lowest BCUT2D eigenvalue weighted by atomic mass is 10.1. The van der Waals surface area contributed by atoms with E-state index in [1.54, 1.807) is 18.3 Å². The van der Waals surface area contributed by atoms with Gasteiger partial charge in [-0.1, -0.05) is 18.2 Å². The highest BCUT2D eigenvalue weighted by Crippen LogP contribution is 2.26. The summed E-state index contributed by atoms with van der Waals surface area (Å²) >= 11 is 0. The molecule has 0 aliphatic carbocycles. The molecule has 5 heteroatoms. The second-order valence-electron chi connectivity index (χ2n) is 4.08. The largest absolute Gasteiger partial charge is 0.451 e. The fraction of sp³-hybridized carbons (Fsp3) is 0. The van der Waals surface area contributed by atoms with Crippen molar-refractivity contribution in [2.45, 2.75) is 0 Å². The lowest BCUT2D eigenvalue weighted by Crippen LogP contribution is -2.09. The number of H-pyrrole nitrogens is 1. The molecule has 2 heterocycles. The predicted molar refractivity (Wildman–Crippen MR) is 70.2 cm³/mol. The summed E-state index contributed by atoms with van der Waals surface area (Å²) in [5.41, 5.74) is 7.95. The van der Waals surface area contributed by atoms with Gasteiger partial charge >= 0.3 is 0 Å². The third-order valence-electron chi connectivity index (χ3n) is 2.81. The molecule has 0 fully saturated rings. The van der Waals surface area contributed by atoms with Crippen molar-refractivity contribution in [2.24, 2.45) is 5.73 Å². The molecule has 3 aromatic rings. The van der Waals surface area contributed by atoms with Gasteiger partial charge in [-0.3, -0.25) is 9.89 Å². The number of hydrogen-bond acceptors (Lipinski definition) is 3. The Bertz CT molecular complexity index is 714. The second kappa shape index (κ2) is 4.45. The molecule has 19 heavy (non-hydrogen) atoms. The van der Waals surface area contributed by atoms with E-state index in [9.17, 15) is 4.79 Å². The number of benzene rings is 1. The third-order valence-corrected chi connectivity index (χ3v) is 2.81. The summed E-state index contributed by atoms with van der Waals surface area (Å²) in [6.07, 6.45) is 1.69. The van der Waals surface area contributed by atoms with Crippen molar-refractivity contribution in [1.29, 1.82) is 0 Å². The molecule has 0 bridgehead atoms. The van der Waals surface area contributed by atoms with Crippen molar-refractivity contribution in [2.75, 3.05) is 0 Å². The minimum Gasteiger partial charge on any atom is -0.451 e. The zero-order valence-electron chi connectivity index (χ0n) is 9.96. The predicted octanol–water partition coefficient (Wildman–Crippen LogP) is 2.44. The molecule has 0 radical (unpaired) electrons. The van der Waals surface area contributed by atoms with Crippen molar-refractivity contribution in [3.05, 3.63) is 54.4 Å². The Kier molecular flexibility index (Phi) is 2.64. The smallest absolute Gasteiger partial charge is 0.284 e. The van der Waals surface area contributed by atoms with Crippen LogP contribution in [-0.4, -0.2) is 16.1 Å². The van der Waals surface area contributed by atoms with E-state index in [0.29, 0.717) is 5.76 Å². The highest BCUT2D eigenvalue weighted by molar-refractivity contribution is 5.90. The molecule has 5 nitrogen and oxygen atoms in total. The molecule has 94 valence electrons. The number of furan rings is 1. The number of carbonyl (C=O) groups is 1. The Hall–Kier alpha value is -2.82. The van der Waals surface area contributed by atoms with Crippen molar-refractivity contribution in [3.63, 3.8) is 0 Å². The van der Waals surface area contributed by atoms with Crippen LogP contribution in [-0.2, 0) is 0 Å². The van der Waals surface area contributed by atoms with Crippen LogP contribution in [0.5, 0.6) is 0 Å². The third kappa shape index (κ3) is 2.13. The Morgan fingerprint density at radius 2 is 2.00 bits per heavy atom. The summed E-state index contributed by atoms with van der Waals surface area (Å²) in [6.45, 7) is 0. The number of nitrogens with two attached hydrogens (primary N) is 1. The Morgan fingerprint density at radius 3 is 2.68 bits per heavy atom.